The molecule has 1 N–H and O–H groups in total. The Morgan fingerprint density at radius 3 is 1.89 bits per heavy atom. The summed E-state index contributed by atoms with van der Waals surface area (Å²) in [7, 11) is 0. The molecular formula is C27H28Cl2N4O2. The minimum Gasteiger partial charge on any atom is -0.491 e. The molecule has 2 amide bonds. The van der Waals surface area contributed by atoms with Gasteiger partial charge < -0.3 is 19.9 Å². The standard InChI is InChI=1S/C27H28Cl2N4O2/c1-19(2)35-25-13-11-24(12-14-25)30-26-31-27(34)33(18-21-5-9-23(29)10-6-21)16-15-32(26)17-20-3-7-22(28)8-4-20/h3-14,19H,15-18H2,1-2H3,(H,30,31,34). The molecular weight excluding hydrogens is 483 g/mol. The SMILES string of the molecule is CC(C)Oc1ccc(NC2=NC(=O)N(Cc3ccc(Cl)cc3)CCN2Cc2ccc(Cl)cc2)cc1. The molecule has 1 aliphatic heterocycles. The van der Waals surface area contributed by atoms with Crippen molar-refractivity contribution in [2.45, 2.75) is 33.0 Å². The molecule has 0 radical (unpaired) electrons. The zero-order valence-electron chi connectivity index (χ0n) is 19.7. The molecule has 8 heteroatoms. The minimum absolute atomic E-state index is 0.0964. The van der Waals surface area contributed by atoms with Crippen LogP contribution in [0.2, 0.25) is 10.0 Å². The quantitative estimate of drug-likeness (QED) is 0.384. The molecule has 0 aromatic heterocycles. The molecule has 4 rings (SSSR count). The molecule has 3 aromatic carbocycles. The molecule has 182 valence electrons. The molecule has 0 atom stereocenters. The number of ether oxygens (including phenoxy) is 1. The van der Waals surface area contributed by atoms with Crippen LogP contribution in [0.25, 0.3) is 0 Å². The second-order valence-corrected chi connectivity index (χ2v) is 9.50. The van der Waals surface area contributed by atoms with Crippen molar-refractivity contribution in [1.82, 2.24) is 9.80 Å². The van der Waals surface area contributed by atoms with Crippen LogP contribution in [-0.2, 0) is 13.1 Å². The second-order valence-electron chi connectivity index (χ2n) is 8.63. The molecule has 3 aromatic rings. The summed E-state index contributed by atoms with van der Waals surface area (Å²) in [6.07, 6.45) is 0.0964. The van der Waals surface area contributed by atoms with E-state index in [0.29, 0.717) is 42.2 Å². The van der Waals surface area contributed by atoms with Gasteiger partial charge in [0.2, 0.25) is 5.96 Å². The summed E-state index contributed by atoms with van der Waals surface area (Å²) in [4.78, 5) is 21.4. The number of carbonyl (C=O) groups is 1. The third kappa shape index (κ3) is 7.13. The number of nitrogens with zero attached hydrogens (tertiary/aromatic N) is 3. The Balaban J connectivity index is 1.56. The number of urea groups is 1. The highest BCUT2D eigenvalue weighted by Gasteiger charge is 2.24. The van der Waals surface area contributed by atoms with Gasteiger partial charge in [0, 0.05) is 41.9 Å². The lowest BCUT2D eigenvalue weighted by atomic mass is 10.2. The largest absolute Gasteiger partial charge is 0.491 e. The van der Waals surface area contributed by atoms with Crippen LogP contribution in [0.3, 0.4) is 0 Å². The molecule has 0 aliphatic carbocycles. The van der Waals surface area contributed by atoms with Crippen LogP contribution in [0.15, 0.2) is 77.8 Å². The number of hydrogen-bond acceptors (Lipinski definition) is 4. The summed E-state index contributed by atoms with van der Waals surface area (Å²) < 4.78 is 5.74. The van der Waals surface area contributed by atoms with E-state index in [9.17, 15) is 4.79 Å². The fourth-order valence-electron chi connectivity index (χ4n) is 3.72. The Labute approximate surface area is 216 Å². The van der Waals surface area contributed by atoms with E-state index in [-0.39, 0.29) is 12.1 Å². The number of benzene rings is 3. The molecule has 1 heterocycles. The van der Waals surface area contributed by atoms with E-state index in [1.54, 1.807) is 4.90 Å². The van der Waals surface area contributed by atoms with Crippen molar-refractivity contribution in [3.63, 3.8) is 0 Å². The topological polar surface area (TPSA) is 57.2 Å². The Hall–Kier alpha value is -3.22. The van der Waals surface area contributed by atoms with Crippen molar-refractivity contribution in [2.75, 3.05) is 18.4 Å². The lowest BCUT2D eigenvalue weighted by Crippen LogP contribution is -2.38. The number of nitrogens with one attached hydrogen (secondary N) is 1. The molecule has 0 unspecified atom stereocenters. The van der Waals surface area contributed by atoms with Crippen LogP contribution in [0.4, 0.5) is 10.5 Å². The highest BCUT2D eigenvalue weighted by molar-refractivity contribution is 6.30. The molecule has 6 nitrogen and oxygen atoms in total. The normalized spacial score (nSPS) is 14.1. The number of rotatable bonds is 7. The summed E-state index contributed by atoms with van der Waals surface area (Å²) in [6, 6.07) is 22.6. The van der Waals surface area contributed by atoms with E-state index in [2.05, 4.69) is 15.2 Å². The van der Waals surface area contributed by atoms with Crippen molar-refractivity contribution in [3.05, 3.63) is 94.0 Å². The van der Waals surface area contributed by atoms with Crippen molar-refractivity contribution >= 4 is 40.9 Å². The first kappa shape index (κ1) is 24.9. The minimum atomic E-state index is -0.291. The van der Waals surface area contributed by atoms with Crippen LogP contribution in [0.5, 0.6) is 5.75 Å². The maximum atomic E-state index is 13.1. The number of hydrogen-bond donors (Lipinski definition) is 1. The molecule has 0 saturated heterocycles. The number of carbonyl (C=O) groups excluding carboxylic acids is 1. The van der Waals surface area contributed by atoms with Gasteiger partial charge in [0.25, 0.3) is 0 Å². The Kier molecular flexibility index (Phi) is 8.16. The average molecular weight is 511 g/mol. The summed E-state index contributed by atoms with van der Waals surface area (Å²) in [5.41, 5.74) is 2.89. The van der Waals surface area contributed by atoms with Crippen LogP contribution < -0.4 is 10.1 Å². The van der Waals surface area contributed by atoms with E-state index in [1.165, 1.54) is 0 Å². The molecule has 35 heavy (non-hydrogen) atoms. The predicted molar refractivity (Wildman–Crippen MR) is 142 cm³/mol. The van der Waals surface area contributed by atoms with Gasteiger partial charge in [-0.3, -0.25) is 0 Å². The van der Waals surface area contributed by atoms with E-state index in [0.717, 1.165) is 22.6 Å². The van der Waals surface area contributed by atoms with Crippen molar-refractivity contribution in [1.29, 1.82) is 0 Å². The van der Waals surface area contributed by atoms with E-state index < -0.39 is 0 Å². The fourth-order valence-corrected chi connectivity index (χ4v) is 3.97. The van der Waals surface area contributed by atoms with Crippen LogP contribution in [-0.4, -0.2) is 41.0 Å². The summed E-state index contributed by atoms with van der Waals surface area (Å²) in [6.45, 7) is 6.17. The summed E-state index contributed by atoms with van der Waals surface area (Å²) >= 11 is 12.1. The van der Waals surface area contributed by atoms with Gasteiger partial charge in [-0.25, -0.2) is 4.79 Å². The lowest BCUT2D eigenvalue weighted by Gasteiger charge is -2.26. The fraction of sp³-hybridized carbons (Fsp3) is 0.259. The maximum absolute atomic E-state index is 13.1. The van der Waals surface area contributed by atoms with Gasteiger partial charge in [-0.1, -0.05) is 47.5 Å². The van der Waals surface area contributed by atoms with E-state index in [4.69, 9.17) is 27.9 Å². The number of anilines is 1. The Bertz CT molecular complexity index is 1160. The Morgan fingerprint density at radius 1 is 0.829 bits per heavy atom. The first-order valence-corrected chi connectivity index (χ1v) is 12.3. The first-order valence-electron chi connectivity index (χ1n) is 11.5. The highest BCUT2D eigenvalue weighted by atomic mass is 35.5. The lowest BCUT2D eigenvalue weighted by molar-refractivity contribution is 0.204. The molecule has 0 bridgehead atoms. The zero-order chi connectivity index (χ0) is 24.8. The van der Waals surface area contributed by atoms with Crippen LogP contribution >= 0.6 is 23.2 Å². The van der Waals surface area contributed by atoms with Crippen molar-refractivity contribution in [3.8, 4) is 5.75 Å². The molecule has 1 aliphatic rings. The van der Waals surface area contributed by atoms with Gasteiger partial charge in [0.1, 0.15) is 5.75 Å². The predicted octanol–water partition coefficient (Wildman–Crippen LogP) is 6.69. The number of guanidine groups is 1. The van der Waals surface area contributed by atoms with E-state index >= 15 is 0 Å². The zero-order valence-corrected chi connectivity index (χ0v) is 21.3. The van der Waals surface area contributed by atoms with Crippen LogP contribution in [0, 0.1) is 0 Å². The van der Waals surface area contributed by atoms with Gasteiger partial charge in [-0.2, -0.15) is 4.99 Å². The third-order valence-electron chi connectivity index (χ3n) is 5.47. The number of halogens is 2. The van der Waals surface area contributed by atoms with Gasteiger partial charge in [-0.15, -0.1) is 0 Å². The number of aliphatic imine (C=N–C) groups is 1. The molecule has 0 saturated carbocycles. The number of amides is 2. The second kappa shape index (κ2) is 11.5. The maximum Gasteiger partial charge on any atom is 0.347 e. The summed E-state index contributed by atoms with van der Waals surface area (Å²) in [5, 5.41) is 4.69. The van der Waals surface area contributed by atoms with Gasteiger partial charge in [-0.05, 0) is 73.5 Å². The Morgan fingerprint density at radius 2 is 1.34 bits per heavy atom. The molecule has 0 spiro atoms. The molecule has 0 fully saturated rings. The monoisotopic (exact) mass is 510 g/mol. The smallest absolute Gasteiger partial charge is 0.347 e. The average Bonchev–Trinajstić information content (AvgIpc) is 2.96. The van der Waals surface area contributed by atoms with Gasteiger partial charge in [0.15, 0.2) is 0 Å². The first-order chi connectivity index (χ1) is 16.9. The van der Waals surface area contributed by atoms with Crippen molar-refractivity contribution in [2.24, 2.45) is 4.99 Å². The summed E-state index contributed by atoms with van der Waals surface area (Å²) in [5.74, 6) is 1.29. The van der Waals surface area contributed by atoms with Gasteiger partial charge >= 0.3 is 6.03 Å². The van der Waals surface area contributed by atoms with Crippen molar-refractivity contribution < 1.29 is 9.53 Å². The van der Waals surface area contributed by atoms with Crippen LogP contribution in [0.1, 0.15) is 25.0 Å². The van der Waals surface area contributed by atoms with E-state index in [1.807, 2.05) is 86.6 Å². The van der Waals surface area contributed by atoms with Gasteiger partial charge in [0.05, 0.1) is 6.10 Å². The highest BCUT2D eigenvalue weighted by Crippen LogP contribution is 2.20. The third-order valence-corrected chi connectivity index (χ3v) is 5.97.